The summed E-state index contributed by atoms with van der Waals surface area (Å²) < 4.78 is 7.37. The van der Waals surface area contributed by atoms with Crippen LogP contribution in [0.5, 0.6) is 0 Å². The van der Waals surface area contributed by atoms with E-state index in [-0.39, 0.29) is 11.9 Å². The van der Waals surface area contributed by atoms with Crippen LogP contribution in [-0.2, 0) is 22.0 Å². The number of aromatic nitrogens is 5. The Morgan fingerprint density at radius 1 is 0.941 bits per heavy atom. The fourth-order valence-electron chi connectivity index (χ4n) is 4.35. The molecule has 9 heteroatoms. The lowest BCUT2D eigenvalue weighted by Crippen LogP contribution is -2.45. The zero-order valence-electron chi connectivity index (χ0n) is 18.8. The summed E-state index contributed by atoms with van der Waals surface area (Å²) in [5.41, 5.74) is 9.55. The maximum Gasteiger partial charge on any atom is 0.236 e. The van der Waals surface area contributed by atoms with Gasteiger partial charge >= 0.3 is 0 Å². The fraction of sp³-hybridized carbons (Fsp3) is 0.240. The van der Waals surface area contributed by atoms with Crippen LogP contribution >= 0.6 is 0 Å². The maximum atomic E-state index is 13.6. The summed E-state index contributed by atoms with van der Waals surface area (Å²) in [4.78, 5) is 26.2. The third kappa shape index (κ3) is 4.13. The molecule has 1 aliphatic heterocycles. The van der Waals surface area contributed by atoms with Gasteiger partial charge in [0.1, 0.15) is 5.82 Å². The lowest BCUT2D eigenvalue weighted by molar-refractivity contribution is -0.125. The summed E-state index contributed by atoms with van der Waals surface area (Å²) in [6.07, 6.45) is 8.05. The number of hydrogen-bond donors (Lipinski definition) is 2. The Balaban J connectivity index is 1.39. The van der Waals surface area contributed by atoms with Gasteiger partial charge in [0.15, 0.2) is 0 Å². The number of anilines is 2. The summed E-state index contributed by atoms with van der Waals surface area (Å²) in [5.74, 6) is 0.665. The molecule has 9 nitrogen and oxygen atoms in total. The maximum absolute atomic E-state index is 13.6. The average Bonchev–Trinajstić information content (AvgIpc) is 3.31. The molecule has 1 amide bonds. The zero-order chi connectivity index (χ0) is 23.5. The molecule has 0 radical (unpaired) electrons. The predicted octanol–water partition coefficient (Wildman–Crippen LogP) is 3.21. The summed E-state index contributed by atoms with van der Waals surface area (Å²) >= 11 is 0. The fourth-order valence-corrected chi connectivity index (χ4v) is 4.35. The first-order valence-corrected chi connectivity index (χ1v) is 11.1. The molecule has 5 rings (SSSR count). The molecule has 172 valence electrons. The number of ether oxygens (including phenoxy) is 1. The SMILES string of the molecule is Cn1nccc1-c1ccc(NC(=O)C2(c3ccc(-c4cnc(N)nc4)cc3)CCOCC2)nc1. The number of hydrogen-bond acceptors (Lipinski definition) is 7. The van der Waals surface area contributed by atoms with E-state index in [4.69, 9.17) is 10.5 Å². The number of amides is 1. The van der Waals surface area contributed by atoms with Crippen LogP contribution in [0.25, 0.3) is 22.4 Å². The van der Waals surface area contributed by atoms with E-state index < -0.39 is 5.41 Å². The highest BCUT2D eigenvalue weighted by molar-refractivity contribution is 5.98. The molecular weight excluding hydrogens is 430 g/mol. The minimum atomic E-state index is -0.698. The van der Waals surface area contributed by atoms with Gasteiger partial charge in [-0.1, -0.05) is 24.3 Å². The Bertz CT molecular complexity index is 1280. The van der Waals surface area contributed by atoms with Crippen LogP contribution in [-0.4, -0.2) is 43.9 Å². The first-order valence-electron chi connectivity index (χ1n) is 11.1. The van der Waals surface area contributed by atoms with Gasteiger partial charge in [-0.15, -0.1) is 0 Å². The smallest absolute Gasteiger partial charge is 0.236 e. The number of benzene rings is 1. The third-order valence-electron chi connectivity index (χ3n) is 6.35. The highest BCUT2D eigenvalue weighted by Crippen LogP contribution is 2.37. The number of carbonyl (C=O) groups is 1. The molecule has 0 bridgehead atoms. The quantitative estimate of drug-likeness (QED) is 0.474. The molecule has 0 spiro atoms. The summed E-state index contributed by atoms with van der Waals surface area (Å²) in [6, 6.07) is 13.6. The minimum absolute atomic E-state index is 0.0832. The number of pyridine rings is 1. The minimum Gasteiger partial charge on any atom is -0.381 e. The Kier molecular flexibility index (Phi) is 5.77. The number of carbonyl (C=O) groups excluding carboxylic acids is 1. The summed E-state index contributed by atoms with van der Waals surface area (Å²) in [6.45, 7) is 1.04. The molecule has 1 saturated heterocycles. The first kappa shape index (κ1) is 21.7. The number of nitrogen functional groups attached to an aromatic ring is 1. The van der Waals surface area contributed by atoms with Crippen LogP contribution in [0.3, 0.4) is 0 Å². The molecule has 1 fully saturated rings. The third-order valence-corrected chi connectivity index (χ3v) is 6.35. The van der Waals surface area contributed by atoms with Crippen LogP contribution in [0.2, 0.25) is 0 Å². The van der Waals surface area contributed by atoms with Crippen molar-refractivity contribution in [2.75, 3.05) is 24.3 Å². The van der Waals surface area contributed by atoms with Crippen molar-refractivity contribution >= 4 is 17.7 Å². The van der Waals surface area contributed by atoms with E-state index in [1.807, 2.05) is 49.5 Å². The topological polar surface area (TPSA) is 121 Å². The second kappa shape index (κ2) is 9.03. The number of nitrogens with zero attached hydrogens (tertiary/aromatic N) is 5. The molecule has 34 heavy (non-hydrogen) atoms. The number of rotatable bonds is 5. The normalized spacial score (nSPS) is 15.1. The second-order valence-corrected chi connectivity index (χ2v) is 8.33. The summed E-state index contributed by atoms with van der Waals surface area (Å²) in [7, 11) is 1.88. The highest BCUT2D eigenvalue weighted by atomic mass is 16.5. The Morgan fingerprint density at radius 3 is 2.24 bits per heavy atom. The van der Waals surface area contributed by atoms with Crippen molar-refractivity contribution in [3.05, 3.63) is 72.8 Å². The molecule has 1 aliphatic rings. The first-order chi connectivity index (χ1) is 16.5. The van der Waals surface area contributed by atoms with Gasteiger partial charge in [-0.25, -0.2) is 15.0 Å². The van der Waals surface area contributed by atoms with Crippen LogP contribution in [0.1, 0.15) is 18.4 Å². The molecular formula is C25H25N7O2. The van der Waals surface area contributed by atoms with Gasteiger partial charge < -0.3 is 15.8 Å². The lowest BCUT2D eigenvalue weighted by Gasteiger charge is -2.36. The van der Waals surface area contributed by atoms with Crippen LogP contribution < -0.4 is 11.1 Å². The van der Waals surface area contributed by atoms with E-state index in [1.54, 1.807) is 29.5 Å². The van der Waals surface area contributed by atoms with E-state index in [9.17, 15) is 4.79 Å². The van der Waals surface area contributed by atoms with E-state index in [0.29, 0.717) is 31.9 Å². The Morgan fingerprint density at radius 2 is 1.62 bits per heavy atom. The van der Waals surface area contributed by atoms with Gasteiger partial charge in [-0.2, -0.15) is 5.10 Å². The van der Waals surface area contributed by atoms with Gasteiger partial charge in [0.05, 0.1) is 11.1 Å². The lowest BCUT2D eigenvalue weighted by atomic mass is 9.73. The van der Waals surface area contributed by atoms with E-state index >= 15 is 0 Å². The zero-order valence-corrected chi connectivity index (χ0v) is 18.8. The van der Waals surface area contributed by atoms with E-state index in [1.165, 1.54) is 0 Å². The number of nitrogens with two attached hydrogens (primary N) is 1. The van der Waals surface area contributed by atoms with Crippen molar-refractivity contribution in [1.82, 2.24) is 24.7 Å². The summed E-state index contributed by atoms with van der Waals surface area (Å²) in [5, 5.41) is 7.22. The average molecular weight is 456 g/mol. The molecule has 4 heterocycles. The Hall–Kier alpha value is -4.11. The number of nitrogens with one attached hydrogen (secondary N) is 1. The molecule has 0 saturated carbocycles. The molecule has 4 aromatic rings. The molecule has 0 aliphatic carbocycles. The van der Waals surface area contributed by atoms with Crippen LogP contribution in [0.4, 0.5) is 11.8 Å². The van der Waals surface area contributed by atoms with E-state index in [0.717, 1.165) is 27.9 Å². The van der Waals surface area contributed by atoms with Gasteiger partial charge in [-0.05, 0) is 42.2 Å². The van der Waals surface area contributed by atoms with Gasteiger partial charge in [0.2, 0.25) is 11.9 Å². The molecule has 1 aromatic carbocycles. The molecule has 0 atom stereocenters. The van der Waals surface area contributed by atoms with Crippen molar-refractivity contribution in [1.29, 1.82) is 0 Å². The van der Waals surface area contributed by atoms with Crippen molar-refractivity contribution in [3.63, 3.8) is 0 Å². The molecule has 3 aromatic heterocycles. The number of aryl methyl sites for hydroxylation is 1. The highest BCUT2D eigenvalue weighted by Gasteiger charge is 2.42. The van der Waals surface area contributed by atoms with Gasteiger partial charge in [0.25, 0.3) is 0 Å². The molecule has 0 unspecified atom stereocenters. The second-order valence-electron chi connectivity index (χ2n) is 8.33. The molecule has 3 N–H and O–H groups in total. The monoisotopic (exact) mass is 455 g/mol. The van der Waals surface area contributed by atoms with Crippen LogP contribution in [0, 0.1) is 0 Å². The van der Waals surface area contributed by atoms with E-state index in [2.05, 4.69) is 25.4 Å². The van der Waals surface area contributed by atoms with Crippen LogP contribution in [0.15, 0.2) is 67.3 Å². The van der Waals surface area contributed by atoms with Crippen molar-refractivity contribution < 1.29 is 9.53 Å². The van der Waals surface area contributed by atoms with Crippen molar-refractivity contribution in [2.24, 2.45) is 7.05 Å². The van der Waals surface area contributed by atoms with Gasteiger partial charge in [-0.3, -0.25) is 9.48 Å². The Labute approximate surface area is 197 Å². The van der Waals surface area contributed by atoms with Crippen molar-refractivity contribution in [2.45, 2.75) is 18.3 Å². The van der Waals surface area contributed by atoms with Crippen molar-refractivity contribution in [3.8, 4) is 22.4 Å². The van der Waals surface area contributed by atoms with Gasteiger partial charge in [0, 0.05) is 56.2 Å². The standard InChI is InChI=1S/C25H25N7O2/c1-32-21(8-11-30-32)18-4-7-22(27-14-18)31-23(33)25(9-12-34-13-10-25)20-5-2-17(3-6-20)19-15-28-24(26)29-16-19/h2-8,11,14-16H,9-10,12-13H2,1H3,(H2,26,28,29)(H,27,31,33). The predicted molar refractivity (Wildman–Crippen MR) is 129 cm³/mol. The largest absolute Gasteiger partial charge is 0.381 e.